The fourth-order valence-electron chi connectivity index (χ4n) is 1.91. The van der Waals surface area contributed by atoms with E-state index < -0.39 is 15.4 Å². The highest BCUT2D eigenvalue weighted by Crippen LogP contribution is 2.34. The Morgan fingerprint density at radius 3 is 2.37 bits per heavy atom. The fourth-order valence-corrected chi connectivity index (χ4v) is 3.08. The minimum absolute atomic E-state index is 0.0450. The Labute approximate surface area is 113 Å². The highest BCUT2D eigenvalue weighted by atomic mass is 32.2. The lowest BCUT2D eigenvalue weighted by Crippen LogP contribution is -2.45. The summed E-state index contributed by atoms with van der Waals surface area (Å²) in [6, 6.07) is 5.13. The van der Waals surface area contributed by atoms with Crippen LogP contribution in [-0.2, 0) is 15.4 Å². The van der Waals surface area contributed by atoms with Gasteiger partial charge in [-0.15, -0.1) is 0 Å². The second-order valence-electron chi connectivity index (χ2n) is 5.24. The molecule has 1 aliphatic rings. The van der Waals surface area contributed by atoms with Gasteiger partial charge in [-0.3, -0.25) is 0 Å². The number of rotatable bonds is 4. The van der Waals surface area contributed by atoms with Gasteiger partial charge in [-0.2, -0.15) is 0 Å². The van der Waals surface area contributed by atoms with Crippen molar-refractivity contribution in [3.8, 4) is 11.5 Å². The van der Waals surface area contributed by atoms with Crippen molar-refractivity contribution in [1.82, 2.24) is 0 Å². The molecule has 1 aromatic rings. The van der Waals surface area contributed by atoms with E-state index in [1.807, 2.05) is 0 Å². The normalized spacial score (nSPS) is 18.7. The van der Waals surface area contributed by atoms with E-state index >= 15 is 0 Å². The number of hydrogen-bond acceptors (Lipinski definition) is 5. The smallest absolute Gasteiger partial charge is 0.161 e. The molecule has 0 aromatic heterocycles. The van der Waals surface area contributed by atoms with Gasteiger partial charge in [-0.05, 0) is 31.5 Å². The van der Waals surface area contributed by atoms with Gasteiger partial charge in [0.15, 0.2) is 21.3 Å². The lowest BCUT2D eigenvalue weighted by atomic mass is 9.98. The van der Waals surface area contributed by atoms with Crippen LogP contribution in [0.4, 0.5) is 0 Å². The molecular weight excluding hydrogens is 268 g/mol. The van der Waals surface area contributed by atoms with Gasteiger partial charge in [-0.25, -0.2) is 8.42 Å². The molecule has 1 fully saturated rings. The molecule has 0 unspecified atom stereocenters. The van der Waals surface area contributed by atoms with E-state index in [1.165, 1.54) is 7.11 Å². The van der Waals surface area contributed by atoms with Gasteiger partial charge >= 0.3 is 0 Å². The SMILES string of the molecule is COc1cc(C(C)(C)O)ccc1OC1CS(=O)(=O)C1. The van der Waals surface area contributed by atoms with Crippen molar-refractivity contribution in [3.63, 3.8) is 0 Å². The summed E-state index contributed by atoms with van der Waals surface area (Å²) in [4.78, 5) is 0. The molecule has 106 valence electrons. The maximum Gasteiger partial charge on any atom is 0.161 e. The third-order valence-corrected chi connectivity index (χ3v) is 4.80. The van der Waals surface area contributed by atoms with Crippen molar-refractivity contribution < 1.29 is 23.0 Å². The van der Waals surface area contributed by atoms with Crippen LogP contribution < -0.4 is 9.47 Å². The van der Waals surface area contributed by atoms with Crippen LogP contribution in [0.15, 0.2) is 18.2 Å². The molecule has 0 bridgehead atoms. The average Bonchev–Trinajstić information content (AvgIpc) is 2.25. The van der Waals surface area contributed by atoms with E-state index in [1.54, 1.807) is 32.0 Å². The molecule has 0 aliphatic carbocycles. The van der Waals surface area contributed by atoms with Crippen molar-refractivity contribution >= 4 is 9.84 Å². The zero-order chi connectivity index (χ0) is 14.3. The van der Waals surface area contributed by atoms with Crippen LogP contribution in [0.3, 0.4) is 0 Å². The van der Waals surface area contributed by atoms with Crippen LogP contribution >= 0.6 is 0 Å². The maximum atomic E-state index is 11.1. The predicted molar refractivity (Wildman–Crippen MR) is 71.3 cm³/mol. The van der Waals surface area contributed by atoms with E-state index in [2.05, 4.69) is 0 Å². The van der Waals surface area contributed by atoms with E-state index in [0.717, 1.165) is 0 Å². The molecular formula is C13H18O5S. The highest BCUT2D eigenvalue weighted by molar-refractivity contribution is 7.92. The van der Waals surface area contributed by atoms with E-state index in [0.29, 0.717) is 17.1 Å². The lowest BCUT2D eigenvalue weighted by Gasteiger charge is -2.27. The van der Waals surface area contributed by atoms with Gasteiger partial charge < -0.3 is 14.6 Å². The Morgan fingerprint density at radius 2 is 1.89 bits per heavy atom. The van der Waals surface area contributed by atoms with Crippen LogP contribution in [0, 0.1) is 0 Å². The zero-order valence-corrected chi connectivity index (χ0v) is 12.0. The molecule has 6 heteroatoms. The number of benzene rings is 1. The minimum Gasteiger partial charge on any atom is -0.493 e. The molecule has 19 heavy (non-hydrogen) atoms. The molecule has 1 aliphatic heterocycles. The molecule has 2 rings (SSSR count). The summed E-state index contributed by atoms with van der Waals surface area (Å²) >= 11 is 0. The van der Waals surface area contributed by atoms with Crippen LogP contribution in [0.5, 0.6) is 11.5 Å². The molecule has 1 N–H and O–H groups in total. The Bertz CT molecular complexity index is 559. The molecule has 0 atom stereocenters. The molecule has 0 radical (unpaired) electrons. The highest BCUT2D eigenvalue weighted by Gasteiger charge is 2.35. The van der Waals surface area contributed by atoms with Gasteiger partial charge in [-0.1, -0.05) is 6.07 Å². The molecule has 1 heterocycles. The van der Waals surface area contributed by atoms with Crippen LogP contribution in [0.2, 0.25) is 0 Å². The first kappa shape index (κ1) is 14.1. The summed E-state index contributed by atoms with van der Waals surface area (Å²) in [5, 5.41) is 9.93. The standard InChI is InChI=1S/C13H18O5S/c1-13(2,14)9-4-5-11(12(6-9)17-3)18-10-7-19(15,16)8-10/h4-6,10,14H,7-8H2,1-3H3. The second kappa shape index (κ2) is 4.68. The van der Waals surface area contributed by atoms with Crippen molar-refractivity contribution in [1.29, 1.82) is 0 Å². The van der Waals surface area contributed by atoms with Crippen molar-refractivity contribution in [2.45, 2.75) is 25.6 Å². The minimum atomic E-state index is -2.91. The van der Waals surface area contributed by atoms with Gasteiger partial charge in [0.1, 0.15) is 6.10 Å². The Hall–Kier alpha value is -1.27. The van der Waals surface area contributed by atoms with Gasteiger partial charge in [0.25, 0.3) is 0 Å². The molecule has 5 nitrogen and oxygen atoms in total. The molecule has 0 saturated carbocycles. The van der Waals surface area contributed by atoms with Crippen molar-refractivity contribution in [2.24, 2.45) is 0 Å². The Kier molecular flexibility index (Phi) is 3.49. The summed E-state index contributed by atoms with van der Waals surface area (Å²) in [7, 11) is -1.40. The molecule has 1 aromatic carbocycles. The first-order valence-corrected chi connectivity index (χ1v) is 7.81. The summed E-state index contributed by atoms with van der Waals surface area (Å²) in [6.07, 6.45) is -0.313. The molecule has 0 amide bonds. The van der Waals surface area contributed by atoms with Crippen LogP contribution in [0.1, 0.15) is 19.4 Å². The quantitative estimate of drug-likeness (QED) is 0.897. The van der Waals surface area contributed by atoms with Crippen molar-refractivity contribution in [2.75, 3.05) is 18.6 Å². The fraction of sp³-hybridized carbons (Fsp3) is 0.538. The van der Waals surface area contributed by atoms with Gasteiger partial charge in [0.05, 0.1) is 24.2 Å². The Morgan fingerprint density at radius 1 is 1.26 bits per heavy atom. The first-order valence-electron chi connectivity index (χ1n) is 5.99. The number of hydrogen-bond donors (Lipinski definition) is 1. The third-order valence-electron chi connectivity index (χ3n) is 3.04. The van der Waals surface area contributed by atoms with E-state index in [-0.39, 0.29) is 17.6 Å². The molecule has 0 spiro atoms. The van der Waals surface area contributed by atoms with E-state index in [4.69, 9.17) is 9.47 Å². The Balaban J connectivity index is 2.18. The van der Waals surface area contributed by atoms with Crippen LogP contribution in [-0.4, -0.2) is 38.2 Å². The van der Waals surface area contributed by atoms with E-state index in [9.17, 15) is 13.5 Å². The summed E-state index contributed by atoms with van der Waals surface area (Å²) in [5.41, 5.74) is -0.260. The summed E-state index contributed by atoms with van der Waals surface area (Å²) in [6.45, 7) is 3.36. The number of sulfone groups is 1. The zero-order valence-electron chi connectivity index (χ0n) is 11.2. The van der Waals surface area contributed by atoms with Crippen molar-refractivity contribution in [3.05, 3.63) is 23.8 Å². The molecule has 1 saturated heterocycles. The lowest BCUT2D eigenvalue weighted by molar-refractivity contribution is 0.0782. The number of aliphatic hydroxyl groups is 1. The maximum absolute atomic E-state index is 11.1. The second-order valence-corrected chi connectivity index (χ2v) is 7.40. The number of ether oxygens (including phenoxy) is 2. The van der Waals surface area contributed by atoms with Gasteiger partial charge in [0.2, 0.25) is 0 Å². The van der Waals surface area contributed by atoms with Gasteiger partial charge in [0, 0.05) is 0 Å². The first-order chi connectivity index (χ1) is 8.71. The summed E-state index contributed by atoms with van der Waals surface area (Å²) < 4.78 is 33.0. The topological polar surface area (TPSA) is 72.8 Å². The third kappa shape index (κ3) is 3.19. The monoisotopic (exact) mass is 286 g/mol. The number of methoxy groups -OCH3 is 1. The largest absolute Gasteiger partial charge is 0.493 e. The average molecular weight is 286 g/mol. The summed E-state index contributed by atoms with van der Waals surface area (Å²) in [5.74, 6) is 1.08. The van der Waals surface area contributed by atoms with Crippen LogP contribution in [0.25, 0.3) is 0 Å². The predicted octanol–water partition coefficient (Wildman–Crippen LogP) is 1.10.